The highest BCUT2D eigenvalue weighted by Crippen LogP contribution is 2.22. The number of hydroxylamine groups is 2. The van der Waals surface area contributed by atoms with Gasteiger partial charge in [-0.15, -0.1) is 0 Å². The van der Waals surface area contributed by atoms with E-state index in [2.05, 4.69) is 17.4 Å². The summed E-state index contributed by atoms with van der Waals surface area (Å²) in [5.74, 6) is 0.837. The molecule has 2 N–H and O–H groups in total. The molecular weight excluding hydrogens is 292 g/mol. The number of rotatable bonds is 7. The Morgan fingerprint density at radius 3 is 2.35 bits per heavy atom. The van der Waals surface area contributed by atoms with Gasteiger partial charge >= 0.3 is 6.03 Å². The average Bonchev–Trinajstić information content (AvgIpc) is 2.59. The smallest absolute Gasteiger partial charge is 0.340 e. The fourth-order valence-electron chi connectivity index (χ4n) is 2.10. The first-order valence-electron chi connectivity index (χ1n) is 7.65. The molecule has 0 spiro atoms. The number of carbonyl (C=O) groups is 1. The van der Waals surface area contributed by atoms with Crippen LogP contribution in [0.1, 0.15) is 12.8 Å². The second kappa shape index (κ2) is 8.80. The molecule has 0 aliphatic heterocycles. The number of nitrogens with zero attached hydrogens (tertiary/aromatic N) is 1. The molecule has 0 fully saturated rings. The molecule has 0 radical (unpaired) electrons. The van der Waals surface area contributed by atoms with Crippen molar-refractivity contribution in [2.75, 3.05) is 20.2 Å². The normalized spacial score (nSPS) is 10.2. The first-order chi connectivity index (χ1) is 11.2. The molecule has 2 amide bonds. The Kier molecular flexibility index (Phi) is 6.44. The SMILES string of the molecule is CN(O)C(=O)NCCCCOc1ccc(-c2ccccc2)cc1. The summed E-state index contributed by atoms with van der Waals surface area (Å²) in [5, 5.41) is 12.0. The van der Waals surface area contributed by atoms with E-state index in [1.807, 2.05) is 42.5 Å². The summed E-state index contributed by atoms with van der Waals surface area (Å²) in [7, 11) is 1.29. The lowest BCUT2D eigenvalue weighted by Crippen LogP contribution is -2.35. The molecule has 0 aliphatic carbocycles. The minimum atomic E-state index is -0.498. The van der Waals surface area contributed by atoms with Crippen LogP contribution in [-0.4, -0.2) is 36.5 Å². The van der Waals surface area contributed by atoms with E-state index >= 15 is 0 Å². The predicted molar refractivity (Wildman–Crippen MR) is 89.6 cm³/mol. The molecule has 2 aromatic rings. The maximum Gasteiger partial charge on any atom is 0.340 e. The van der Waals surface area contributed by atoms with Crippen molar-refractivity contribution < 1.29 is 14.7 Å². The zero-order chi connectivity index (χ0) is 16.5. The van der Waals surface area contributed by atoms with Crippen molar-refractivity contribution in [3.05, 3.63) is 54.6 Å². The van der Waals surface area contributed by atoms with Crippen LogP contribution in [0.5, 0.6) is 5.75 Å². The van der Waals surface area contributed by atoms with Gasteiger partial charge < -0.3 is 10.1 Å². The van der Waals surface area contributed by atoms with Gasteiger partial charge in [0.2, 0.25) is 0 Å². The van der Waals surface area contributed by atoms with Gasteiger partial charge in [-0.2, -0.15) is 0 Å². The third-order valence-electron chi connectivity index (χ3n) is 3.37. The van der Waals surface area contributed by atoms with E-state index in [1.165, 1.54) is 12.6 Å². The lowest BCUT2D eigenvalue weighted by Gasteiger charge is -2.10. The standard InChI is InChI=1S/C18H22N2O3/c1-20(22)18(21)19-13-5-6-14-23-17-11-9-16(10-12-17)15-7-3-2-4-8-15/h2-4,7-12,22H,5-6,13-14H2,1H3,(H,19,21). The maximum absolute atomic E-state index is 11.1. The summed E-state index contributed by atoms with van der Waals surface area (Å²) >= 11 is 0. The quantitative estimate of drug-likeness (QED) is 0.467. The summed E-state index contributed by atoms with van der Waals surface area (Å²) in [6.45, 7) is 1.11. The van der Waals surface area contributed by atoms with Crippen molar-refractivity contribution in [2.45, 2.75) is 12.8 Å². The van der Waals surface area contributed by atoms with Crippen LogP contribution in [0, 0.1) is 0 Å². The molecule has 0 atom stereocenters. The van der Waals surface area contributed by atoms with E-state index < -0.39 is 6.03 Å². The fraction of sp³-hybridized carbons (Fsp3) is 0.278. The number of unbranched alkanes of at least 4 members (excludes halogenated alkanes) is 1. The summed E-state index contributed by atoms with van der Waals surface area (Å²) in [6, 6.07) is 17.7. The van der Waals surface area contributed by atoms with Gasteiger partial charge in [0.25, 0.3) is 0 Å². The lowest BCUT2D eigenvalue weighted by atomic mass is 10.1. The lowest BCUT2D eigenvalue weighted by molar-refractivity contribution is -0.0182. The zero-order valence-electron chi connectivity index (χ0n) is 13.2. The van der Waals surface area contributed by atoms with E-state index in [1.54, 1.807) is 0 Å². The maximum atomic E-state index is 11.1. The van der Waals surface area contributed by atoms with Crippen LogP contribution < -0.4 is 10.1 Å². The van der Waals surface area contributed by atoms with Gasteiger partial charge in [-0.3, -0.25) is 5.21 Å². The second-order valence-electron chi connectivity index (χ2n) is 5.20. The summed E-state index contributed by atoms with van der Waals surface area (Å²) in [5.41, 5.74) is 2.34. The minimum absolute atomic E-state index is 0.498. The number of hydrogen-bond acceptors (Lipinski definition) is 3. The van der Waals surface area contributed by atoms with Crippen LogP contribution >= 0.6 is 0 Å². The molecule has 0 aliphatic rings. The molecule has 2 rings (SSSR count). The zero-order valence-corrected chi connectivity index (χ0v) is 13.2. The molecule has 2 aromatic carbocycles. The molecule has 0 heterocycles. The largest absolute Gasteiger partial charge is 0.494 e. The minimum Gasteiger partial charge on any atom is -0.494 e. The van der Waals surface area contributed by atoms with Crippen LogP contribution in [0.2, 0.25) is 0 Å². The van der Waals surface area contributed by atoms with E-state index in [0.717, 1.165) is 24.2 Å². The van der Waals surface area contributed by atoms with Crippen LogP contribution in [0.25, 0.3) is 11.1 Å². The molecule has 0 aromatic heterocycles. The highest BCUT2D eigenvalue weighted by Gasteiger charge is 2.02. The van der Waals surface area contributed by atoms with Gasteiger partial charge in [-0.05, 0) is 36.1 Å². The number of benzene rings is 2. The number of amides is 2. The monoisotopic (exact) mass is 314 g/mol. The molecule has 0 saturated heterocycles. The van der Waals surface area contributed by atoms with E-state index in [-0.39, 0.29) is 0 Å². The Balaban J connectivity index is 1.68. The summed E-state index contributed by atoms with van der Waals surface area (Å²) < 4.78 is 5.68. The third-order valence-corrected chi connectivity index (χ3v) is 3.37. The van der Waals surface area contributed by atoms with Crippen molar-refractivity contribution in [3.63, 3.8) is 0 Å². The molecule has 23 heavy (non-hydrogen) atoms. The Labute approximate surface area is 136 Å². The Hall–Kier alpha value is -2.53. The molecular formula is C18H22N2O3. The number of nitrogens with one attached hydrogen (secondary N) is 1. The Morgan fingerprint density at radius 1 is 1.04 bits per heavy atom. The molecule has 5 nitrogen and oxygen atoms in total. The summed E-state index contributed by atoms with van der Waals surface area (Å²) in [6.07, 6.45) is 1.62. The van der Waals surface area contributed by atoms with Crippen LogP contribution in [0.3, 0.4) is 0 Å². The van der Waals surface area contributed by atoms with Gasteiger partial charge in [0.15, 0.2) is 0 Å². The number of hydrogen-bond donors (Lipinski definition) is 2. The van der Waals surface area contributed by atoms with E-state index in [9.17, 15) is 4.79 Å². The fourth-order valence-corrected chi connectivity index (χ4v) is 2.10. The topological polar surface area (TPSA) is 61.8 Å². The number of urea groups is 1. The molecule has 0 bridgehead atoms. The number of carbonyl (C=O) groups excluding carboxylic acids is 1. The van der Waals surface area contributed by atoms with Gasteiger partial charge in [0.1, 0.15) is 5.75 Å². The van der Waals surface area contributed by atoms with Crippen LogP contribution in [0.15, 0.2) is 54.6 Å². The van der Waals surface area contributed by atoms with Gasteiger partial charge in [0, 0.05) is 13.6 Å². The Bertz CT molecular complexity index is 597. The molecule has 5 heteroatoms. The van der Waals surface area contributed by atoms with Crippen LogP contribution in [-0.2, 0) is 0 Å². The van der Waals surface area contributed by atoms with Crippen molar-refractivity contribution in [3.8, 4) is 16.9 Å². The molecule has 0 saturated carbocycles. The van der Waals surface area contributed by atoms with Crippen molar-refractivity contribution in [1.82, 2.24) is 10.4 Å². The highest BCUT2D eigenvalue weighted by molar-refractivity contribution is 5.72. The van der Waals surface area contributed by atoms with E-state index in [0.29, 0.717) is 18.2 Å². The van der Waals surface area contributed by atoms with Crippen molar-refractivity contribution in [2.24, 2.45) is 0 Å². The predicted octanol–water partition coefficient (Wildman–Crippen LogP) is 3.54. The Morgan fingerprint density at radius 2 is 1.70 bits per heavy atom. The van der Waals surface area contributed by atoms with E-state index in [4.69, 9.17) is 9.94 Å². The van der Waals surface area contributed by atoms with Gasteiger partial charge in [-0.25, -0.2) is 9.86 Å². The van der Waals surface area contributed by atoms with Crippen LogP contribution in [0.4, 0.5) is 4.79 Å². The van der Waals surface area contributed by atoms with Gasteiger partial charge in [0.05, 0.1) is 6.61 Å². The van der Waals surface area contributed by atoms with Gasteiger partial charge in [-0.1, -0.05) is 42.5 Å². The number of ether oxygens (including phenoxy) is 1. The third kappa shape index (κ3) is 5.64. The average molecular weight is 314 g/mol. The first kappa shape index (κ1) is 16.8. The molecule has 0 unspecified atom stereocenters. The van der Waals surface area contributed by atoms with Crippen molar-refractivity contribution >= 4 is 6.03 Å². The summed E-state index contributed by atoms with van der Waals surface area (Å²) in [4.78, 5) is 11.1. The molecule has 122 valence electrons. The second-order valence-corrected chi connectivity index (χ2v) is 5.20. The first-order valence-corrected chi connectivity index (χ1v) is 7.65. The van der Waals surface area contributed by atoms with Crippen molar-refractivity contribution in [1.29, 1.82) is 0 Å². The highest BCUT2D eigenvalue weighted by atomic mass is 16.5.